The van der Waals surface area contributed by atoms with Crippen LogP contribution in [-0.2, 0) is 42.3 Å². The summed E-state index contributed by atoms with van der Waals surface area (Å²) in [6.45, 7) is 5.59. The third-order valence-corrected chi connectivity index (χ3v) is 1.22. The molecule has 2 nitrogen and oxygen atoms in total. The van der Waals surface area contributed by atoms with Gasteiger partial charge in [0.2, 0.25) is 0 Å². The minimum absolute atomic E-state index is 0. The summed E-state index contributed by atoms with van der Waals surface area (Å²) in [6, 6.07) is 0. The zero-order valence-electron chi connectivity index (χ0n) is 7.35. The SMILES string of the molecule is CCNC(=S)[S-].CCNC(=S)[S-].[Cu+2]. The van der Waals surface area contributed by atoms with Crippen LogP contribution in [0.5, 0.6) is 0 Å². The van der Waals surface area contributed by atoms with Crippen LogP contribution in [0.4, 0.5) is 0 Å². The van der Waals surface area contributed by atoms with Crippen molar-refractivity contribution >= 4 is 58.3 Å². The molecule has 13 heavy (non-hydrogen) atoms. The fourth-order valence-corrected chi connectivity index (χ4v) is 0.866. The van der Waals surface area contributed by atoms with E-state index in [0.29, 0.717) is 8.64 Å². The van der Waals surface area contributed by atoms with Gasteiger partial charge in [0.25, 0.3) is 0 Å². The van der Waals surface area contributed by atoms with Gasteiger partial charge in [0.1, 0.15) is 0 Å². The van der Waals surface area contributed by atoms with Crippen LogP contribution >= 0.6 is 24.4 Å². The molecule has 1 radical (unpaired) electrons. The molecule has 7 heteroatoms. The smallest absolute Gasteiger partial charge is 0.412 e. The maximum Gasteiger partial charge on any atom is 2.00 e. The minimum Gasteiger partial charge on any atom is -0.412 e. The standard InChI is InChI=1S/2C3H7NS2.Cu/c2*1-2-4-3(5)6;/h2*2H2,1H3,(H2,4,5,6);/q;;+2/p-2. The van der Waals surface area contributed by atoms with Gasteiger partial charge >= 0.3 is 17.1 Å². The average molecular weight is 304 g/mol. The molecule has 0 aromatic rings. The molecule has 0 rings (SSSR count). The van der Waals surface area contributed by atoms with Gasteiger partial charge in [-0.25, -0.2) is 0 Å². The Bertz CT molecular complexity index is 127. The number of hydrogen-bond donors (Lipinski definition) is 2. The minimum atomic E-state index is 0. The molecular formula is C6H12CuN2S4. The molecule has 0 bridgehead atoms. The van der Waals surface area contributed by atoms with Gasteiger partial charge in [-0.05, 0) is 13.8 Å². The second kappa shape index (κ2) is 15.2. The van der Waals surface area contributed by atoms with Crippen LogP contribution in [-0.4, -0.2) is 21.7 Å². The molecule has 0 aliphatic rings. The van der Waals surface area contributed by atoms with Gasteiger partial charge in [-0.15, -0.1) is 0 Å². The first-order valence-corrected chi connectivity index (χ1v) is 5.07. The van der Waals surface area contributed by atoms with Crippen molar-refractivity contribution in [3.8, 4) is 0 Å². The molecule has 0 atom stereocenters. The van der Waals surface area contributed by atoms with Gasteiger partial charge in [-0.3, -0.25) is 0 Å². The number of hydrogen-bond acceptors (Lipinski definition) is 4. The van der Waals surface area contributed by atoms with Crippen LogP contribution in [0.3, 0.4) is 0 Å². The summed E-state index contributed by atoms with van der Waals surface area (Å²) in [5, 5.41) is 5.51. The second-order valence-corrected chi connectivity index (χ2v) is 3.79. The molecule has 2 N–H and O–H groups in total. The van der Waals surface area contributed by atoms with E-state index in [-0.39, 0.29) is 17.1 Å². The predicted octanol–water partition coefficient (Wildman–Crippen LogP) is 0.853. The number of rotatable bonds is 2. The van der Waals surface area contributed by atoms with E-state index in [4.69, 9.17) is 0 Å². The third-order valence-electron chi connectivity index (χ3n) is 0.642. The summed E-state index contributed by atoms with van der Waals surface area (Å²) in [7, 11) is 0. The van der Waals surface area contributed by atoms with E-state index in [0.717, 1.165) is 13.1 Å². The molecule has 0 saturated heterocycles. The normalized spacial score (nSPS) is 6.92. The molecule has 0 heterocycles. The summed E-state index contributed by atoms with van der Waals surface area (Å²) in [6.07, 6.45) is 0. The molecule has 0 fully saturated rings. The second-order valence-electron chi connectivity index (χ2n) is 1.64. The average Bonchev–Trinajstić information content (AvgIpc) is 1.87. The third kappa shape index (κ3) is 32.3. The van der Waals surface area contributed by atoms with Crippen LogP contribution in [0.15, 0.2) is 0 Å². The van der Waals surface area contributed by atoms with Gasteiger partial charge in [0.05, 0.1) is 0 Å². The monoisotopic (exact) mass is 303 g/mol. The van der Waals surface area contributed by atoms with Crippen LogP contribution in [0.2, 0.25) is 0 Å². The van der Waals surface area contributed by atoms with Gasteiger partial charge < -0.3 is 60.3 Å². The molecule has 81 valence electrons. The number of nitrogens with one attached hydrogen (secondary N) is 2. The molecule has 0 saturated carbocycles. The van der Waals surface area contributed by atoms with Crippen molar-refractivity contribution in [3.05, 3.63) is 0 Å². The van der Waals surface area contributed by atoms with Gasteiger partial charge in [0.15, 0.2) is 0 Å². The van der Waals surface area contributed by atoms with E-state index < -0.39 is 0 Å². The molecule has 0 aliphatic heterocycles. The maximum absolute atomic E-state index is 4.50. The molecular weight excluding hydrogens is 292 g/mol. The summed E-state index contributed by atoms with van der Waals surface area (Å²) in [5.41, 5.74) is 0. The summed E-state index contributed by atoms with van der Waals surface area (Å²) < 4.78 is 0.912. The molecule has 0 spiro atoms. The fourth-order valence-electron chi connectivity index (χ4n) is 0.289. The fraction of sp³-hybridized carbons (Fsp3) is 0.667. The van der Waals surface area contributed by atoms with Gasteiger partial charge in [0, 0.05) is 13.1 Å². The maximum atomic E-state index is 4.50. The Hall–Kier alpha value is 0.739. The Labute approximate surface area is 112 Å². The zero-order chi connectivity index (χ0) is 9.98. The Morgan fingerprint density at radius 1 is 1.00 bits per heavy atom. The molecule has 0 amide bonds. The molecule has 0 unspecified atom stereocenters. The summed E-state index contributed by atoms with van der Waals surface area (Å²) >= 11 is 18.0. The van der Waals surface area contributed by atoms with Crippen molar-refractivity contribution in [1.82, 2.24) is 10.6 Å². The summed E-state index contributed by atoms with van der Waals surface area (Å²) in [4.78, 5) is 0. The first kappa shape index (κ1) is 19.3. The van der Waals surface area contributed by atoms with Crippen molar-refractivity contribution in [2.75, 3.05) is 13.1 Å². The number of thiocarbonyl (C=S) groups is 2. The Kier molecular flexibility index (Phi) is 22.6. The Morgan fingerprint density at radius 2 is 1.23 bits per heavy atom. The van der Waals surface area contributed by atoms with Gasteiger partial charge in [-0.2, -0.15) is 0 Å². The molecule has 0 aromatic carbocycles. The van der Waals surface area contributed by atoms with Crippen molar-refractivity contribution < 1.29 is 17.1 Å². The van der Waals surface area contributed by atoms with Gasteiger partial charge in [-0.1, -0.05) is 8.64 Å². The molecule has 0 aliphatic carbocycles. The van der Waals surface area contributed by atoms with Crippen molar-refractivity contribution in [3.63, 3.8) is 0 Å². The Balaban J connectivity index is -0.000000143. The summed E-state index contributed by atoms with van der Waals surface area (Å²) in [5.74, 6) is 0. The zero-order valence-corrected chi connectivity index (χ0v) is 11.6. The van der Waals surface area contributed by atoms with Crippen LogP contribution < -0.4 is 10.6 Å². The van der Waals surface area contributed by atoms with Crippen molar-refractivity contribution in [2.45, 2.75) is 13.8 Å². The largest absolute Gasteiger partial charge is 2.00 e. The van der Waals surface area contributed by atoms with E-state index in [1.807, 2.05) is 13.8 Å². The molecule has 0 aromatic heterocycles. The first-order chi connectivity index (χ1) is 5.54. The van der Waals surface area contributed by atoms with Crippen molar-refractivity contribution in [1.29, 1.82) is 0 Å². The van der Waals surface area contributed by atoms with E-state index >= 15 is 0 Å². The van der Waals surface area contributed by atoms with E-state index in [1.165, 1.54) is 0 Å². The van der Waals surface area contributed by atoms with Crippen molar-refractivity contribution in [2.24, 2.45) is 0 Å². The Morgan fingerprint density at radius 3 is 1.23 bits per heavy atom. The topological polar surface area (TPSA) is 24.1 Å². The van der Waals surface area contributed by atoms with Crippen LogP contribution in [0.25, 0.3) is 0 Å². The van der Waals surface area contributed by atoms with E-state index in [1.54, 1.807) is 0 Å². The quantitative estimate of drug-likeness (QED) is 0.446. The predicted molar refractivity (Wildman–Crippen MR) is 67.3 cm³/mol. The van der Waals surface area contributed by atoms with Crippen LogP contribution in [0, 0.1) is 0 Å². The first-order valence-electron chi connectivity index (χ1n) is 3.44. The van der Waals surface area contributed by atoms with Crippen LogP contribution in [0.1, 0.15) is 13.8 Å². The van der Waals surface area contributed by atoms with E-state index in [9.17, 15) is 0 Å². The van der Waals surface area contributed by atoms with E-state index in [2.05, 4.69) is 60.3 Å².